The summed E-state index contributed by atoms with van der Waals surface area (Å²) in [6.07, 6.45) is 1.58. The van der Waals surface area contributed by atoms with Crippen LogP contribution in [0.3, 0.4) is 0 Å². The Bertz CT molecular complexity index is 873. The number of hydrogen-bond acceptors (Lipinski definition) is 4. The lowest BCUT2D eigenvalue weighted by Crippen LogP contribution is -2.46. The Balaban J connectivity index is 0.000000208. The van der Waals surface area contributed by atoms with Crippen LogP contribution >= 0.6 is 0 Å². The van der Waals surface area contributed by atoms with Gasteiger partial charge in [-0.3, -0.25) is 4.79 Å². The van der Waals surface area contributed by atoms with Gasteiger partial charge in [0.15, 0.2) is 0 Å². The second kappa shape index (κ2) is 8.81. The summed E-state index contributed by atoms with van der Waals surface area (Å²) in [5, 5.41) is 19.5. The van der Waals surface area contributed by atoms with E-state index in [2.05, 4.69) is 4.98 Å². The molecule has 2 aromatic carbocycles. The van der Waals surface area contributed by atoms with Gasteiger partial charge < -0.3 is 26.7 Å². The van der Waals surface area contributed by atoms with Crippen molar-refractivity contribution in [1.82, 2.24) is 4.98 Å². The van der Waals surface area contributed by atoms with Crippen molar-refractivity contribution in [3.05, 3.63) is 71.9 Å². The number of aliphatic hydroxyl groups is 1. The van der Waals surface area contributed by atoms with E-state index in [0.29, 0.717) is 6.42 Å². The molecule has 0 fully saturated rings. The first-order chi connectivity index (χ1) is 12.7. The SMILES string of the molecule is C[C@@](N)(Cc1c[nH]c2ccccc12)C(=O)O.C[C@H](N)C(O)c1ccccc1. The van der Waals surface area contributed by atoms with Gasteiger partial charge in [0.25, 0.3) is 0 Å². The topological polar surface area (TPSA) is 125 Å². The van der Waals surface area contributed by atoms with Crippen molar-refractivity contribution in [3.63, 3.8) is 0 Å². The monoisotopic (exact) mass is 369 g/mol. The summed E-state index contributed by atoms with van der Waals surface area (Å²) < 4.78 is 0. The number of H-pyrrole nitrogens is 1. The molecule has 144 valence electrons. The number of nitrogens with two attached hydrogens (primary N) is 2. The highest BCUT2D eigenvalue weighted by Gasteiger charge is 2.29. The molecule has 0 aliphatic heterocycles. The molecule has 0 bridgehead atoms. The number of nitrogens with one attached hydrogen (secondary N) is 1. The van der Waals surface area contributed by atoms with Crippen LogP contribution in [0.4, 0.5) is 0 Å². The minimum Gasteiger partial charge on any atom is -0.480 e. The Kier molecular flexibility index (Phi) is 6.74. The molecular formula is C21H27N3O3. The van der Waals surface area contributed by atoms with Gasteiger partial charge in [-0.15, -0.1) is 0 Å². The fourth-order valence-electron chi connectivity index (χ4n) is 2.70. The highest BCUT2D eigenvalue weighted by atomic mass is 16.4. The molecule has 0 saturated carbocycles. The third kappa shape index (κ3) is 5.40. The molecule has 0 radical (unpaired) electrons. The Morgan fingerprint density at radius 2 is 1.74 bits per heavy atom. The molecule has 7 N–H and O–H groups in total. The molecule has 0 aliphatic carbocycles. The maximum atomic E-state index is 10.9. The van der Waals surface area contributed by atoms with E-state index >= 15 is 0 Å². The zero-order valence-corrected chi connectivity index (χ0v) is 15.6. The number of rotatable bonds is 5. The summed E-state index contributed by atoms with van der Waals surface area (Å²) in [7, 11) is 0. The lowest BCUT2D eigenvalue weighted by atomic mass is 9.94. The Morgan fingerprint density at radius 3 is 2.33 bits per heavy atom. The van der Waals surface area contributed by atoms with Gasteiger partial charge in [0, 0.05) is 29.6 Å². The summed E-state index contributed by atoms with van der Waals surface area (Å²) in [6.45, 7) is 3.31. The second-order valence-corrected chi connectivity index (χ2v) is 6.97. The van der Waals surface area contributed by atoms with Gasteiger partial charge in [-0.1, -0.05) is 48.5 Å². The predicted octanol–water partition coefficient (Wildman–Crippen LogP) is 2.58. The third-order valence-corrected chi connectivity index (χ3v) is 4.36. The number of aromatic amines is 1. The Labute approximate surface area is 158 Å². The molecule has 0 amide bonds. The van der Waals surface area contributed by atoms with Gasteiger partial charge in [0.05, 0.1) is 6.10 Å². The molecule has 3 rings (SSSR count). The Hall–Kier alpha value is -2.67. The number of fused-ring (bicyclic) bond motifs is 1. The lowest BCUT2D eigenvalue weighted by Gasteiger charge is -2.18. The van der Waals surface area contributed by atoms with Crippen molar-refractivity contribution in [1.29, 1.82) is 0 Å². The van der Waals surface area contributed by atoms with E-state index in [4.69, 9.17) is 16.6 Å². The van der Waals surface area contributed by atoms with Gasteiger partial charge in [-0.05, 0) is 31.0 Å². The number of benzene rings is 2. The van der Waals surface area contributed by atoms with Crippen LogP contribution in [-0.4, -0.2) is 32.7 Å². The van der Waals surface area contributed by atoms with Crippen molar-refractivity contribution in [2.24, 2.45) is 11.5 Å². The van der Waals surface area contributed by atoms with Crippen LogP contribution in [0.25, 0.3) is 10.9 Å². The molecule has 3 atom stereocenters. The van der Waals surface area contributed by atoms with E-state index in [1.165, 1.54) is 6.92 Å². The average molecular weight is 369 g/mol. The molecule has 3 aromatic rings. The van der Waals surface area contributed by atoms with Crippen LogP contribution in [0.5, 0.6) is 0 Å². The normalized spacial score (nSPS) is 15.3. The zero-order chi connectivity index (χ0) is 20.0. The molecule has 27 heavy (non-hydrogen) atoms. The number of para-hydroxylation sites is 1. The van der Waals surface area contributed by atoms with E-state index in [9.17, 15) is 9.90 Å². The second-order valence-electron chi connectivity index (χ2n) is 6.97. The predicted molar refractivity (Wildman–Crippen MR) is 107 cm³/mol. The van der Waals surface area contributed by atoms with Crippen LogP contribution < -0.4 is 11.5 Å². The van der Waals surface area contributed by atoms with E-state index in [-0.39, 0.29) is 6.04 Å². The van der Waals surface area contributed by atoms with Gasteiger partial charge in [0.2, 0.25) is 0 Å². The molecule has 0 aliphatic rings. The van der Waals surface area contributed by atoms with Crippen molar-refractivity contribution in [3.8, 4) is 0 Å². The standard InChI is InChI=1S/C12H14N2O2.C9H13NO/c1-12(13,11(15)16)6-8-7-14-10-5-3-2-4-9(8)10;1-7(10)9(11)8-5-3-2-4-6-8/h2-5,7,14H,6,13H2,1H3,(H,15,16);2-7,9,11H,10H2,1H3/t12-;7-,9?/m10/s1. The third-order valence-electron chi connectivity index (χ3n) is 4.36. The van der Waals surface area contributed by atoms with E-state index < -0.39 is 17.6 Å². The first-order valence-electron chi connectivity index (χ1n) is 8.78. The van der Waals surface area contributed by atoms with Gasteiger partial charge in [-0.2, -0.15) is 0 Å². The van der Waals surface area contributed by atoms with Crippen LogP contribution in [0, 0.1) is 0 Å². The zero-order valence-electron chi connectivity index (χ0n) is 15.6. The van der Waals surface area contributed by atoms with Crippen LogP contribution in [0.2, 0.25) is 0 Å². The number of carboxylic acid groups (broad SMARTS) is 1. The Morgan fingerprint density at radius 1 is 1.15 bits per heavy atom. The summed E-state index contributed by atoms with van der Waals surface area (Å²) in [5.41, 5.74) is 12.8. The van der Waals surface area contributed by atoms with Gasteiger partial charge >= 0.3 is 5.97 Å². The van der Waals surface area contributed by atoms with E-state index in [1.807, 2.05) is 60.8 Å². The van der Waals surface area contributed by atoms with Crippen molar-refractivity contribution in [2.45, 2.75) is 38.0 Å². The van der Waals surface area contributed by atoms with Crippen LogP contribution in [0.1, 0.15) is 31.1 Å². The summed E-state index contributed by atoms with van der Waals surface area (Å²) in [4.78, 5) is 14.0. The van der Waals surface area contributed by atoms with Gasteiger partial charge in [0.1, 0.15) is 5.54 Å². The molecule has 1 aromatic heterocycles. The fourth-order valence-corrected chi connectivity index (χ4v) is 2.70. The van der Waals surface area contributed by atoms with Crippen LogP contribution in [0.15, 0.2) is 60.8 Å². The summed E-state index contributed by atoms with van der Waals surface area (Å²) in [5.74, 6) is -0.988. The number of aliphatic carboxylic acids is 1. The van der Waals surface area contributed by atoms with E-state index in [0.717, 1.165) is 22.0 Å². The van der Waals surface area contributed by atoms with Crippen molar-refractivity contribution >= 4 is 16.9 Å². The molecule has 1 unspecified atom stereocenters. The number of aliphatic hydroxyl groups excluding tert-OH is 1. The number of hydrogen-bond donors (Lipinski definition) is 5. The quantitative estimate of drug-likeness (QED) is 0.473. The summed E-state index contributed by atoms with van der Waals surface area (Å²) >= 11 is 0. The molecule has 0 saturated heterocycles. The van der Waals surface area contributed by atoms with Crippen molar-refractivity contribution < 1.29 is 15.0 Å². The maximum absolute atomic E-state index is 10.9. The molecule has 0 spiro atoms. The molecule has 6 nitrogen and oxygen atoms in total. The minimum absolute atomic E-state index is 0.211. The van der Waals surface area contributed by atoms with Crippen molar-refractivity contribution in [2.75, 3.05) is 0 Å². The largest absolute Gasteiger partial charge is 0.480 e. The maximum Gasteiger partial charge on any atom is 0.323 e. The highest BCUT2D eigenvalue weighted by Crippen LogP contribution is 2.21. The molecular weight excluding hydrogens is 342 g/mol. The first-order valence-corrected chi connectivity index (χ1v) is 8.78. The van der Waals surface area contributed by atoms with Crippen LogP contribution in [-0.2, 0) is 11.2 Å². The van der Waals surface area contributed by atoms with E-state index in [1.54, 1.807) is 6.92 Å². The lowest BCUT2D eigenvalue weighted by molar-refractivity contribution is -0.142. The highest BCUT2D eigenvalue weighted by molar-refractivity contribution is 5.85. The molecule has 1 heterocycles. The number of aromatic nitrogens is 1. The fraction of sp³-hybridized carbons (Fsp3) is 0.286. The van der Waals surface area contributed by atoms with Gasteiger partial charge in [-0.25, -0.2) is 0 Å². The summed E-state index contributed by atoms with van der Waals surface area (Å²) in [6, 6.07) is 17.0. The molecule has 6 heteroatoms. The number of carboxylic acids is 1. The smallest absolute Gasteiger partial charge is 0.323 e. The average Bonchev–Trinajstić information content (AvgIpc) is 3.04. The first kappa shape index (κ1) is 20.6. The number of carbonyl (C=O) groups is 1. The minimum atomic E-state index is -1.23.